The van der Waals surface area contributed by atoms with E-state index in [-0.39, 0.29) is 0 Å². The van der Waals surface area contributed by atoms with Gasteiger partial charge in [-0.15, -0.1) is 0 Å². The number of rotatable bonds is 5. The topological polar surface area (TPSA) is 18.5 Å². The average molecular weight is 321 g/mol. The van der Waals surface area contributed by atoms with Crippen molar-refractivity contribution in [1.82, 2.24) is 0 Å². The van der Waals surface area contributed by atoms with E-state index in [1.54, 1.807) is 0 Å². The molecule has 2 nitrogen and oxygen atoms in total. The summed E-state index contributed by atoms with van der Waals surface area (Å²) in [5, 5.41) is 0. The molecule has 0 saturated carbocycles. The van der Waals surface area contributed by atoms with Gasteiger partial charge in [0.25, 0.3) is 0 Å². The highest BCUT2D eigenvalue weighted by atomic mass is 79.9. The Morgan fingerprint density at radius 1 is 0.833 bits per heavy atom. The van der Waals surface area contributed by atoms with E-state index in [9.17, 15) is 0 Å². The van der Waals surface area contributed by atoms with Crippen LogP contribution in [-0.2, 0) is 0 Å². The molecule has 92 valence electrons. The standard InChI is InChI=1S/C14H13BrO2Si/c1-12(15)18(16-13-8-4-2-5-9-13)17-14-10-6-3-7-11-14/h2-11,18H,1H2. The first-order valence-electron chi connectivity index (χ1n) is 5.53. The maximum Gasteiger partial charge on any atom is 0.486 e. The van der Waals surface area contributed by atoms with Crippen LogP contribution in [-0.4, -0.2) is 9.28 Å². The molecule has 0 N–H and O–H groups in total. The minimum atomic E-state index is -2.04. The van der Waals surface area contributed by atoms with Crippen molar-refractivity contribution in [2.45, 2.75) is 0 Å². The zero-order chi connectivity index (χ0) is 12.8. The average Bonchev–Trinajstić information content (AvgIpc) is 2.40. The van der Waals surface area contributed by atoms with Crippen LogP contribution in [0.4, 0.5) is 0 Å². The van der Waals surface area contributed by atoms with E-state index < -0.39 is 9.28 Å². The Morgan fingerprint density at radius 2 is 1.22 bits per heavy atom. The largest absolute Gasteiger partial charge is 0.511 e. The molecule has 2 rings (SSSR count). The predicted molar refractivity (Wildman–Crippen MR) is 79.4 cm³/mol. The summed E-state index contributed by atoms with van der Waals surface area (Å²) >= 11 is 3.37. The summed E-state index contributed by atoms with van der Waals surface area (Å²) in [4.78, 5) is 0. The third-order valence-electron chi connectivity index (χ3n) is 2.23. The maximum atomic E-state index is 5.85. The molecule has 0 bridgehead atoms. The summed E-state index contributed by atoms with van der Waals surface area (Å²) in [6.07, 6.45) is 0. The second-order valence-corrected chi connectivity index (χ2v) is 7.34. The first kappa shape index (κ1) is 12.9. The summed E-state index contributed by atoms with van der Waals surface area (Å²) in [6, 6.07) is 19.2. The van der Waals surface area contributed by atoms with Gasteiger partial charge in [-0.05, 0) is 24.3 Å². The molecule has 4 heteroatoms. The van der Waals surface area contributed by atoms with Crippen molar-refractivity contribution in [3.05, 3.63) is 71.3 Å². The predicted octanol–water partition coefficient (Wildman–Crippen LogP) is 3.81. The molecular formula is C14H13BrO2Si. The summed E-state index contributed by atoms with van der Waals surface area (Å²) < 4.78 is 12.5. The summed E-state index contributed by atoms with van der Waals surface area (Å²) in [6.45, 7) is 3.88. The summed E-state index contributed by atoms with van der Waals surface area (Å²) in [5.41, 5.74) is 0. The zero-order valence-electron chi connectivity index (χ0n) is 9.75. The fourth-order valence-electron chi connectivity index (χ4n) is 1.40. The van der Waals surface area contributed by atoms with Crippen molar-refractivity contribution >= 4 is 25.2 Å². The molecule has 0 unspecified atom stereocenters. The molecule has 0 spiro atoms. The second-order valence-electron chi connectivity index (χ2n) is 3.64. The molecule has 18 heavy (non-hydrogen) atoms. The van der Waals surface area contributed by atoms with Crippen LogP contribution in [0.15, 0.2) is 71.3 Å². The minimum Gasteiger partial charge on any atom is -0.511 e. The van der Waals surface area contributed by atoms with Gasteiger partial charge in [0.05, 0.1) is 4.11 Å². The van der Waals surface area contributed by atoms with Gasteiger partial charge in [-0.1, -0.05) is 58.9 Å². The summed E-state index contributed by atoms with van der Waals surface area (Å²) in [5.74, 6) is 1.59. The van der Waals surface area contributed by atoms with Gasteiger partial charge in [0, 0.05) is 0 Å². The smallest absolute Gasteiger partial charge is 0.486 e. The van der Waals surface area contributed by atoms with Crippen molar-refractivity contribution in [2.75, 3.05) is 0 Å². The van der Waals surface area contributed by atoms with Crippen molar-refractivity contribution in [3.63, 3.8) is 0 Å². The molecule has 0 amide bonds. The lowest BCUT2D eigenvalue weighted by atomic mass is 10.3. The lowest BCUT2D eigenvalue weighted by molar-refractivity contribution is 0.437. The van der Waals surface area contributed by atoms with E-state index in [4.69, 9.17) is 8.85 Å². The molecule has 0 aromatic heterocycles. The van der Waals surface area contributed by atoms with E-state index in [2.05, 4.69) is 22.5 Å². The SMILES string of the molecule is C=C(Br)[SiH](Oc1ccccc1)Oc1ccccc1. The number of para-hydroxylation sites is 2. The third kappa shape index (κ3) is 3.75. The van der Waals surface area contributed by atoms with Crippen LogP contribution in [0.2, 0.25) is 0 Å². The van der Waals surface area contributed by atoms with E-state index >= 15 is 0 Å². The Balaban J connectivity index is 2.08. The number of benzene rings is 2. The van der Waals surface area contributed by atoms with Crippen molar-refractivity contribution in [2.24, 2.45) is 0 Å². The molecule has 0 aliphatic rings. The number of halogens is 1. The van der Waals surface area contributed by atoms with E-state index in [0.717, 1.165) is 15.6 Å². The highest BCUT2D eigenvalue weighted by Crippen LogP contribution is 2.19. The lowest BCUT2D eigenvalue weighted by Gasteiger charge is -2.17. The molecule has 0 atom stereocenters. The Morgan fingerprint density at radius 3 is 1.56 bits per heavy atom. The van der Waals surface area contributed by atoms with Crippen LogP contribution in [0.25, 0.3) is 0 Å². The molecule has 0 radical (unpaired) electrons. The van der Waals surface area contributed by atoms with Gasteiger partial charge in [0.15, 0.2) is 0 Å². The molecule has 0 saturated heterocycles. The van der Waals surface area contributed by atoms with Crippen molar-refractivity contribution in [3.8, 4) is 11.5 Å². The highest BCUT2D eigenvalue weighted by Gasteiger charge is 2.20. The highest BCUT2D eigenvalue weighted by molar-refractivity contribution is 9.12. The third-order valence-corrected chi connectivity index (χ3v) is 4.83. The van der Waals surface area contributed by atoms with Crippen LogP contribution in [0, 0.1) is 0 Å². The lowest BCUT2D eigenvalue weighted by Crippen LogP contribution is -2.30. The minimum absolute atomic E-state index is 0.773. The number of hydrogen-bond donors (Lipinski definition) is 0. The quantitative estimate of drug-likeness (QED) is 0.780. The fraction of sp³-hybridized carbons (Fsp3) is 0. The Labute approximate surface area is 117 Å². The Hall–Kier alpha value is -1.52. The van der Waals surface area contributed by atoms with Gasteiger partial charge >= 0.3 is 9.28 Å². The molecule has 0 fully saturated rings. The van der Waals surface area contributed by atoms with Crippen LogP contribution >= 0.6 is 15.9 Å². The summed E-state index contributed by atoms with van der Waals surface area (Å²) in [7, 11) is -2.04. The Kier molecular flexibility index (Phi) is 4.61. The fourth-order valence-corrected chi connectivity index (χ4v) is 3.07. The van der Waals surface area contributed by atoms with Gasteiger partial charge in [-0.2, -0.15) is 0 Å². The van der Waals surface area contributed by atoms with E-state index in [1.165, 1.54) is 0 Å². The first-order valence-corrected chi connectivity index (χ1v) is 7.85. The van der Waals surface area contributed by atoms with Gasteiger partial charge < -0.3 is 8.85 Å². The first-order chi connectivity index (χ1) is 8.75. The van der Waals surface area contributed by atoms with Crippen molar-refractivity contribution < 1.29 is 8.85 Å². The molecule has 2 aromatic carbocycles. The zero-order valence-corrected chi connectivity index (χ0v) is 12.5. The normalized spacial score (nSPS) is 10.1. The van der Waals surface area contributed by atoms with Gasteiger partial charge in [0.2, 0.25) is 0 Å². The molecule has 2 aromatic rings. The molecule has 0 heterocycles. The van der Waals surface area contributed by atoms with Gasteiger partial charge in [0.1, 0.15) is 11.5 Å². The van der Waals surface area contributed by atoms with Crippen LogP contribution < -0.4 is 8.85 Å². The second kappa shape index (κ2) is 6.42. The maximum absolute atomic E-state index is 5.85. The van der Waals surface area contributed by atoms with Crippen LogP contribution in [0.3, 0.4) is 0 Å². The van der Waals surface area contributed by atoms with E-state index in [0.29, 0.717) is 0 Å². The van der Waals surface area contributed by atoms with Crippen LogP contribution in [0.5, 0.6) is 11.5 Å². The van der Waals surface area contributed by atoms with Crippen LogP contribution in [0.1, 0.15) is 0 Å². The van der Waals surface area contributed by atoms with Crippen molar-refractivity contribution in [1.29, 1.82) is 0 Å². The van der Waals surface area contributed by atoms with Gasteiger partial charge in [-0.3, -0.25) is 0 Å². The van der Waals surface area contributed by atoms with E-state index in [1.807, 2.05) is 60.7 Å². The number of hydrogen-bond acceptors (Lipinski definition) is 2. The molecule has 0 aliphatic carbocycles. The van der Waals surface area contributed by atoms with Gasteiger partial charge in [-0.25, -0.2) is 0 Å². The molecular weight excluding hydrogens is 308 g/mol. The Bertz CT molecular complexity index is 460. The molecule has 0 aliphatic heterocycles. The monoisotopic (exact) mass is 320 g/mol.